The van der Waals surface area contributed by atoms with E-state index in [1.165, 1.54) is 25.3 Å². The lowest BCUT2D eigenvalue weighted by molar-refractivity contribution is -0.117. The van der Waals surface area contributed by atoms with Crippen LogP contribution in [0.5, 0.6) is 0 Å². The number of aromatic nitrogens is 1. The second-order valence-corrected chi connectivity index (χ2v) is 11.4. The molecule has 0 bridgehead atoms. The molecule has 0 aliphatic heterocycles. The van der Waals surface area contributed by atoms with Crippen LogP contribution in [0, 0.1) is 0 Å². The van der Waals surface area contributed by atoms with Crippen molar-refractivity contribution in [3.8, 4) is 11.3 Å². The van der Waals surface area contributed by atoms with E-state index >= 15 is 0 Å². The van der Waals surface area contributed by atoms with Crippen LogP contribution in [0.1, 0.15) is 33.4 Å². The maximum absolute atomic E-state index is 13.1. The number of benzene rings is 3. The van der Waals surface area contributed by atoms with Crippen molar-refractivity contribution in [1.29, 1.82) is 0 Å². The third-order valence-corrected chi connectivity index (χ3v) is 7.97. The average Bonchev–Trinajstić information content (AvgIpc) is 3.46. The van der Waals surface area contributed by atoms with E-state index in [9.17, 15) is 24.3 Å². The van der Waals surface area contributed by atoms with Crippen molar-refractivity contribution < 1.29 is 23.9 Å². The Balaban J connectivity index is 1.34. The highest BCUT2D eigenvalue weighted by atomic mass is 35.5. The standard InChI is InChI=1S/C31H21Cl4N3O6/c1-15(36-30(41)27-9-8-26(44-27)19-5-3-17(32)11-23(19)34)29(40)37-18-4-7-25-20(12-18)28(39)21(31(42)43)14-38(25)13-16-2-6-22(33)24(35)10-16/h2-12,14-15H,13H2,1H3,(H,36,41)(H,37,40)(H,42,43)/t15-/m0/s1. The topological polar surface area (TPSA) is 131 Å². The number of carboxylic acid groups (broad SMARTS) is 1. The molecule has 2 aromatic heterocycles. The molecule has 3 N–H and O–H groups in total. The number of nitrogens with one attached hydrogen (secondary N) is 2. The number of amides is 2. The summed E-state index contributed by atoms with van der Waals surface area (Å²) in [6.45, 7) is 1.67. The first-order valence-electron chi connectivity index (χ1n) is 12.9. The van der Waals surface area contributed by atoms with Crippen LogP contribution >= 0.6 is 46.4 Å². The summed E-state index contributed by atoms with van der Waals surface area (Å²) in [5, 5.41) is 16.5. The summed E-state index contributed by atoms with van der Waals surface area (Å²) in [5.74, 6) is -2.32. The average molecular weight is 673 g/mol. The second kappa shape index (κ2) is 12.8. The zero-order valence-corrected chi connectivity index (χ0v) is 25.7. The molecule has 5 aromatic rings. The van der Waals surface area contributed by atoms with Crippen LogP contribution in [0.25, 0.3) is 22.2 Å². The Morgan fingerprint density at radius 3 is 2.39 bits per heavy atom. The maximum Gasteiger partial charge on any atom is 0.341 e. The van der Waals surface area contributed by atoms with E-state index in [4.69, 9.17) is 50.8 Å². The van der Waals surface area contributed by atoms with Crippen LogP contribution in [-0.2, 0) is 11.3 Å². The number of fused-ring (bicyclic) bond motifs is 1. The van der Waals surface area contributed by atoms with E-state index in [1.807, 2.05) is 0 Å². The summed E-state index contributed by atoms with van der Waals surface area (Å²) in [6, 6.07) is 16.4. The molecular weight excluding hydrogens is 652 g/mol. The van der Waals surface area contributed by atoms with Crippen LogP contribution in [-0.4, -0.2) is 33.5 Å². The lowest BCUT2D eigenvalue weighted by Gasteiger charge is -2.16. The summed E-state index contributed by atoms with van der Waals surface area (Å²) >= 11 is 24.3. The molecule has 224 valence electrons. The number of carbonyl (C=O) groups is 3. The smallest absolute Gasteiger partial charge is 0.341 e. The first-order chi connectivity index (χ1) is 20.9. The molecule has 1 atom stereocenters. The van der Waals surface area contributed by atoms with Crippen molar-refractivity contribution in [1.82, 2.24) is 9.88 Å². The van der Waals surface area contributed by atoms with Crippen molar-refractivity contribution in [3.63, 3.8) is 0 Å². The van der Waals surface area contributed by atoms with E-state index in [1.54, 1.807) is 59.2 Å². The number of rotatable bonds is 8. The SMILES string of the molecule is C[C@H](NC(=O)c1ccc(-c2ccc(Cl)cc2Cl)o1)C(=O)Nc1ccc2c(c1)c(=O)c(C(=O)O)cn2Cc1ccc(Cl)c(Cl)c1. The van der Waals surface area contributed by atoms with Gasteiger partial charge >= 0.3 is 5.97 Å². The predicted octanol–water partition coefficient (Wildman–Crippen LogP) is 7.38. The molecule has 5 rings (SSSR count). The molecule has 0 spiro atoms. The lowest BCUT2D eigenvalue weighted by Crippen LogP contribution is -2.41. The monoisotopic (exact) mass is 671 g/mol. The first kappa shape index (κ1) is 31.2. The molecule has 9 nitrogen and oxygen atoms in total. The van der Waals surface area contributed by atoms with Gasteiger partial charge in [-0.25, -0.2) is 4.79 Å². The van der Waals surface area contributed by atoms with Gasteiger partial charge in [0, 0.05) is 34.4 Å². The van der Waals surface area contributed by atoms with E-state index < -0.39 is 34.8 Å². The van der Waals surface area contributed by atoms with Gasteiger partial charge in [0.2, 0.25) is 11.3 Å². The molecule has 0 unspecified atom stereocenters. The minimum absolute atomic E-state index is 0.0416. The third-order valence-electron chi connectivity index (χ3n) is 6.68. The maximum atomic E-state index is 13.1. The number of hydrogen-bond donors (Lipinski definition) is 3. The van der Waals surface area contributed by atoms with Gasteiger partial charge < -0.3 is 24.7 Å². The number of furan rings is 1. The molecule has 0 saturated heterocycles. The molecular formula is C31H21Cl4N3O6. The normalized spacial score (nSPS) is 11.8. The molecule has 44 heavy (non-hydrogen) atoms. The minimum atomic E-state index is -1.40. The van der Waals surface area contributed by atoms with Gasteiger partial charge in [-0.1, -0.05) is 52.5 Å². The number of pyridine rings is 1. The molecule has 0 saturated carbocycles. The molecule has 0 aliphatic carbocycles. The van der Waals surface area contributed by atoms with Crippen LogP contribution in [0.15, 0.2) is 82.1 Å². The van der Waals surface area contributed by atoms with Crippen molar-refractivity contribution in [3.05, 3.63) is 120 Å². The Hall–Kier alpha value is -4.28. The number of halogens is 4. The quantitative estimate of drug-likeness (QED) is 0.158. The van der Waals surface area contributed by atoms with E-state index in [2.05, 4.69) is 10.6 Å². The van der Waals surface area contributed by atoms with Gasteiger partial charge in [0.15, 0.2) is 5.76 Å². The van der Waals surface area contributed by atoms with Gasteiger partial charge in [-0.3, -0.25) is 14.4 Å². The summed E-state index contributed by atoms with van der Waals surface area (Å²) in [5.41, 5.74) is 0.757. The minimum Gasteiger partial charge on any atom is -0.477 e. The Labute approximate surface area is 269 Å². The van der Waals surface area contributed by atoms with Crippen LogP contribution in [0.4, 0.5) is 5.69 Å². The summed E-state index contributed by atoms with van der Waals surface area (Å²) in [7, 11) is 0. The second-order valence-electron chi connectivity index (χ2n) is 9.76. The fraction of sp³-hybridized carbons (Fsp3) is 0.0968. The Bertz CT molecular complexity index is 2020. The van der Waals surface area contributed by atoms with E-state index in [0.717, 1.165) is 5.56 Å². The highest BCUT2D eigenvalue weighted by molar-refractivity contribution is 6.42. The first-order valence-corrected chi connectivity index (χ1v) is 14.4. The van der Waals surface area contributed by atoms with Crippen LogP contribution < -0.4 is 16.1 Å². The molecule has 2 amide bonds. The fourth-order valence-corrected chi connectivity index (χ4v) is 5.29. The van der Waals surface area contributed by atoms with Gasteiger partial charge in [-0.05, 0) is 73.2 Å². The number of anilines is 1. The fourth-order valence-electron chi connectivity index (χ4n) is 4.47. The van der Waals surface area contributed by atoms with Crippen LogP contribution in [0.2, 0.25) is 20.1 Å². The van der Waals surface area contributed by atoms with Gasteiger partial charge in [0.05, 0.1) is 20.6 Å². The van der Waals surface area contributed by atoms with Crippen LogP contribution in [0.3, 0.4) is 0 Å². The molecule has 2 heterocycles. The number of carbonyl (C=O) groups excluding carboxylic acids is 2. The summed E-state index contributed by atoms with van der Waals surface area (Å²) < 4.78 is 7.24. The third kappa shape index (κ3) is 6.61. The molecule has 13 heteroatoms. The van der Waals surface area contributed by atoms with Gasteiger partial charge in [0.25, 0.3) is 5.91 Å². The van der Waals surface area contributed by atoms with E-state index in [-0.39, 0.29) is 23.4 Å². The zero-order chi connectivity index (χ0) is 31.7. The van der Waals surface area contributed by atoms with Crippen molar-refractivity contribution in [2.45, 2.75) is 19.5 Å². The van der Waals surface area contributed by atoms with E-state index in [0.29, 0.717) is 36.9 Å². The van der Waals surface area contributed by atoms with Gasteiger partial charge in [-0.15, -0.1) is 0 Å². The summed E-state index contributed by atoms with van der Waals surface area (Å²) in [6.07, 6.45) is 1.26. The molecule has 0 radical (unpaired) electrons. The highest BCUT2D eigenvalue weighted by Crippen LogP contribution is 2.31. The Kier molecular flexibility index (Phi) is 9.03. The van der Waals surface area contributed by atoms with Gasteiger partial charge in [-0.2, -0.15) is 0 Å². The Morgan fingerprint density at radius 1 is 0.909 bits per heavy atom. The molecule has 0 aliphatic rings. The summed E-state index contributed by atoms with van der Waals surface area (Å²) in [4.78, 5) is 50.7. The molecule has 0 fully saturated rings. The van der Waals surface area contributed by atoms with Crippen molar-refractivity contribution >= 4 is 80.8 Å². The van der Waals surface area contributed by atoms with Crippen molar-refractivity contribution in [2.75, 3.05) is 5.32 Å². The zero-order valence-electron chi connectivity index (χ0n) is 22.7. The lowest BCUT2D eigenvalue weighted by atomic mass is 10.1. The Morgan fingerprint density at radius 2 is 1.68 bits per heavy atom. The number of carboxylic acids is 1. The van der Waals surface area contributed by atoms with Gasteiger partial charge in [0.1, 0.15) is 17.4 Å². The number of nitrogens with zero attached hydrogens (tertiary/aromatic N) is 1. The number of hydrogen-bond acceptors (Lipinski definition) is 5. The number of aromatic carboxylic acids is 1. The predicted molar refractivity (Wildman–Crippen MR) is 170 cm³/mol. The molecule has 3 aromatic carbocycles. The largest absolute Gasteiger partial charge is 0.477 e. The highest BCUT2D eigenvalue weighted by Gasteiger charge is 2.21. The van der Waals surface area contributed by atoms with Crippen molar-refractivity contribution in [2.24, 2.45) is 0 Å².